The third kappa shape index (κ3) is 3.31. The van der Waals surface area contributed by atoms with Gasteiger partial charge in [0.2, 0.25) is 5.91 Å². The van der Waals surface area contributed by atoms with Gasteiger partial charge in [-0.1, -0.05) is 0 Å². The van der Waals surface area contributed by atoms with Gasteiger partial charge < -0.3 is 15.5 Å². The summed E-state index contributed by atoms with van der Waals surface area (Å²) in [6.07, 6.45) is -4.18. The Kier molecular flexibility index (Phi) is 4.01. The Labute approximate surface area is 114 Å². The van der Waals surface area contributed by atoms with Crippen LogP contribution in [0.25, 0.3) is 0 Å². The first-order chi connectivity index (χ1) is 9.40. The van der Waals surface area contributed by atoms with E-state index in [1.165, 1.54) is 7.05 Å². The van der Waals surface area contributed by atoms with Crippen LogP contribution in [0.4, 0.5) is 24.8 Å². The van der Waals surface area contributed by atoms with Gasteiger partial charge in [-0.15, -0.1) is 0 Å². The molecule has 8 heteroatoms. The number of carbonyl (C=O) groups is 1. The molecule has 110 valence electrons. The van der Waals surface area contributed by atoms with E-state index in [0.29, 0.717) is 19.6 Å². The third-order valence-electron chi connectivity index (χ3n) is 3.03. The molecule has 0 spiro atoms. The highest BCUT2D eigenvalue weighted by Gasteiger charge is 2.32. The highest BCUT2D eigenvalue weighted by molar-refractivity contribution is 5.77. The second-order valence-corrected chi connectivity index (χ2v) is 4.43. The van der Waals surface area contributed by atoms with Crippen LogP contribution in [0.15, 0.2) is 12.1 Å². The van der Waals surface area contributed by atoms with Crippen molar-refractivity contribution >= 4 is 17.5 Å². The molecule has 0 unspecified atom stereocenters. The number of halogens is 3. The average molecular weight is 288 g/mol. The van der Waals surface area contributed by atoms with Crippen LogP contribution in [0, 0.1) is 0 Å². The highest BCUT2D eigenvalue weighted by Crippen LogP contribution is 2.32. The lowest BCUT2D eigenvalue weighted by molar-refractivity contribution is -0.137. The maximum absolute atomic E-state index is 12.9. The molecule has 1 amide bonds. The predicted molar refractivity (Wildman–Crippen MR) is 68.6 cm³/mol. The first kappa shape index (κ1) is 14.4. The van der Waals surface area contributed by atoms with Gasteiger partial charge in [0, 0.05) is 33.1 Å². The number of rotatable bonds is 2. The second-order valence-electron chi connectivity index (χ2n) is 4.43. The summed E-state index contributed by atoms with van der Waals surface area (Å²) < 4.78 is 38.6. The number of anilines is 2. The molecular formula is C12H15F3N4O. The number of aromatic nitrogens is 1. The molecule has 2 rings (SSSR count). The van der Waals surface area contributed by atoms with Gasteiger partial charge >= 0.3 is 6.18 Å². The molecule has 1 aliphatic rings. The number of alkyl halides is 3. The summed E-state index contributed by atoms with van der Waals surface area (Å²) in [6, 6.07) is 1.97. The molecule has 2 heterocycles. The zero-order valence-electron chi connectivity index (χ0n) is 10.9. The zero-order chi connectivity index (χ0) is 14.8. The van der Waals surface area contributed by atoms with Crippen molar-refractivity contribution in [1.29, 1.82) is 0 Å². The minimum Gasteiger partial charge on any atom is -0.373 e. The molecular weight excluding hydrogens is 273 g/mol. The molecule has 0 radical (unpaired) electrons. The van der Waals surface area contributed by atoms with Crippen molar-refractivity contribution in [2.45, 2.75) is 12.6 Å². The van der Waals surface area contributed by atoms with Crippen molar-refractivity contribution in [2.75, 3.05) is 36.9 Å². The van der Waals surface area contributed by atoms with Crippen LogP contribution in [-0.4, -0.2) is 37.6 Å². The van der Waals surface area contributed by atoms with Crippen molar-refractivity contribution in [2.24, 2.45) is 0 Å². The van der Waals surface area contributed by atoms with Gasteiger partial charge in [0.05, 0.1) is 5.56 Å². The summed E-state index contributed by atoms with van der Waals surface area (Å²) in [7, 11) is 1.51. The molecule has 0 atom stereocenters. The van der Waals surface area contributed by atoms with Crippen LogP contribution < -0.4 is 15.5 Å². The lowest BCUT2D eigenvalue weighted by Crippen LogP contribution is -2.29. The van der Waals surface area contributed by atoms with Gasteiger partial charge in [-0.2, -0.15) is 13.2 Å². The van der Waals surface area contributed by atoms with Gasteiger partial charge in [0.1, 0.15) is 11.6 Å². The molecule has 1 aliphatic heterocycles. The summed E-state index contributed by atoms with van der Waals surface area (Å²) in [4.78, 5) is 17.1. The summed E-state index contributed by atoms with van der Waals surface area (Å²) in [5, 5.41) is 5.29. The summed E-state index contributed by atoms with van der Waals surface area (Å²) in [5.41, 5.74) is -0.754. The Balaban J connectivity index is 2.32. The summed E-state index contributed by atoms with van der Waals surface area (Å²) in [6.45, 7) is 1.18. The van der Waals surface area contributed by atoms with Crippen LogP contribution >= 0.6 is 0 Å². The Morgan fingerprint density at radius 3 is 2.75 bits per heavy atom. The van der Waals surface area contributed by atoms with Crippen LogP contribution in [0.1, 0.15) is 12.0 Å². The zero-order valence-corrected chi connectivity index (χ0v) is 10.9. The fraction of sp³-hybridized carbons (Fsp3) is 0.500. The number of pyridine rings is 1. The normalized spacial score (nSPS) is 16.6. The highest BCUT2D eigenvalue weighted by atomic mass is 19.4. The SMILES string of the molecule is CNc1cc(C(F)(F)F)cc(N2CCNC(=O)CC2)n1. The van der Waals surface area contributed by atoms with E-state index in [4.69, 9.17) is 0 Å². The van der Waals surface area contributed by atoms with Gasteiger partial charge in [-0.3, -0.25) is 4.79 Å². The molecule has 0 bridgehead atoms. The molecule has 1 aromatic rings. The Hall–Kier alpha value is -1.99. The molecule has 1 aromatic heterocycles. The van der Waals surface area contributed by atoms with Crippen molar-refractivity contribution in [3.8, 4) is 0 Å². The Bertz CT molecular complexity index is 504. The minimum absolute atomic E-state index is 0.103. The summed E-state index contributed by atoms with van der Waals surface area (Å²) in [5.74, 6) is 0.271. The quantitative estimate of drug-likeness (QED) is 0.865. The number of hydrogen-bond donors (Lipinski definition) is 2. The summed E-state index contributed by atoms with van der Waals surface area (Å²) >= 11 is 0. The average Bonchev–Trinajstić information content (AvgIpc) is 2.62. The van der Waals surface area contributed by atoms with Gasteiger partial charge in [-0.05, 0) is 12.1 Å². The van der Waals surface area contributed by atoms with E-state index in [1.807, 2.05) is 0 Å². The molecule has 1 saturated heterocycles. The van der Waals surface area contributed by atoms with Crippen molar-refractivity contribution in [3.63, 3.8) is 0 Å². The molecule has 0 aromatic carbocycles. The van der Waals surface area contributed by atoms with E-state index >= 15 is 0 Å². The maximum atomic E-state index is 12.9. The van der Waals surface area contributed by atoms with Crippen LogP contribution in [-0.2, 0) is 11.0 Å². The lowest BCUT2D eigenvalue weighted by Gasteiger charge is -2.22. The van der Waals surface area contributed by atoms with E-state index in [0.717, 1.165) is 12.1 Å². The first-order valence-electron chi connectivity index (χ1n) is 6.19. The van der Waals surface area contributed by atoms with E-state index in [9.17, 15) is 18.0 Å². The Morgan fingerprint density at radius 2 is 2.10 bits per heavy atom. The second kappa shape index (κ2) is 5.56. The number of hydrogen-bond acceptors (Lipinski definition) is 4. The van der Waals surface area contributed by atoms with Crippen LogP contribution in [0.5, 0.6) is 0 Å². The fourth-order valence-electron chi connectivity index (χ4n) is 1.97. The van der Waals surface area contributed by atoms with Crippen LogP contribution in [0.2, 0.25) is 0 Å². The molecule has 2 N–H and O–H groups in total. The minimum atomic E-state index is -4.43. The van der Waals surface area contributed by atoms with Crippen molar-refractivity contribution < 1.29 is 18.0 Å². The van der Waals surface area contributed by atoms with E-state index in [1.54, 1.807) is 4.90 Å². The van der Waals surface area contributed by atoms with E-state index in [-0.39, 0.29) is 24.0 Å². The molecule has 20 heavy (non-hydrogen) atoms. The fourth-order valence-corrected chi connectivity index (χ4v) is 1.97. The van der Waals surface area contributed by atoms with Gasteiger partial charge in [0.15, 0.2) is 0 Å². The van der Waals surface area contributed by atoms with Crippen molar-refractivity contribution in [3.05, 3.63) is 17.7 Å². The van der Waals surface area contributed by atoms with Crippen molar-refractivity contribution in [1.82, 2.24) is 10.3 Å². The molecule has 5 nitrogen and oxygen atoms in total. The molecule has 1 fully saturated rings. The lowest BCUT2D eigenvalue weighted by atomic mass is 10.2. The number of amides is 1. The largest absolute Gasteiger partial charge is 0.416 e. The van der Waals surface area contributed by atoms with Crippen LogP contribution in [0.3, 0.4) is 0 Å². The topological polar surface area (TPSA) is 57.3 Å². The number of nitrogens with one attached hydrogen (secondary N) is 2. The maximum Gasteiger partial charge on any atom is 0.416 e. The third-order valence-corrected chi connectivity index (χ3v) is 3.03. The number of carbonyl (C=O) groups excluding carboxylic acids is 1. The standard InChI is InChI=1S/C12H15F3N4O/c1-16-9-6-8(12(13,14)15)7-10(18-9)19-4-2-11(20)17-3-5-19/h6-7H,2-5H2,1H3,(H,16,18)(H,17,20). The number of nitrogens with zero attached hydrogens (tertiary/aromatic N) is 2. The first-order valence-corrected chi connectivity index (χ1v) is 6.19. The van der Waals surface area contributed by atoms with Gasteiger partial charge in [0.25, 0.3) is 0 Å². The monoisotopic (exact) mass is 288 g/mol. The predicted octanol–water partition coefficient (Wildman–Crippen LogP) is 1.47. The smallest absolute Gasteiger partial charge is 0.373 e. The van der Waals surface area contributed by atoms with E-state index in [2.05, 4.69) is 15.6 Å². The Morgan fingerprint density at radius 1 is 1.35 bits per heavy atom. The van der Waals surface area contributed by atoms with E-state index < -0.39 is 11.7 Å². The molecule has 0 saturated carbocycles. The molecule has 0 aliphatic carbocycles. The van der Waals surface area contributed by atoms with Gasteiger partial charge in [-0.25, -0.2) is 4.98 Å².